The first-order valence-corrected chi connectivity index (χ1v) is 3.58. The summed E-state index contributed by atoms with van der Waals surface area (Å²) < 4.78 is 0. The first kappa shape index (κ1) is 8.83. The fourth-order valence-electron chi connectivity index (χ4n) is 0.211. The lowest BCUT2D eigenvalue weighted by atomic mass is 10.3. The van der Waals surface area contributed by atoms with E-state index < -0.39 is 5.38 Å². The highest BCUT2D eigenvalue weighted by Crippen LogP contribution is 2.10. The highest BCUT2D eigenvalue weighted by atomic mass is 35.5. The van der Waals surface area contributed by atoms with E-state index in [9.17, 15) is 0 Å². The predicted octanol–water partition coefficient (Wildman–Crippen LogP) is 1.43. The van der Waals surface area contributed by atoms with Crippen LogP contribution in [0.15, 0.2) is 0 Å². The fourth-order valence-corrected chi connectivity index (χ4v) is 0.686. The lowest BCUT2D eigenvalue weighted by Crippen LogP contribution is -2.20. The van der Waals surface area contributed by atoms with E-state index in [1.54, 1.807) is 0 Å². The van der Waals surface area contributed by atoms with Gasteiger partial charge >= 0.3 is 0 Å². The second-order valence-corrected chi connectivity index (χ2v) is 2.80. The molecule has 2 atom stereocenters. The number of alkyl halides is 3. The summed E-state index contributed by atoms with van der Waals surface area (Å²) in [7, 11) is 0. The van der Waals surface area contributed by atoms with Crippen molar-refractivity contribution in [3.05, 3.63) is 0 Å². The van der Waals surface area contributed by atoms with Gasteiger partial charge in [-0.2, -0.15) is 0 Å². The Balaban J connectivity index is 3.29. The molecule has 1 N–H and O–H groups in total. The third kappa shape index (κ3) is 2.98. The van der Waals surface area contributed by atoms with Crippen LogP contribution in [0.4, 0.5) is 0 Å². The van der Waals surface area contributed by atoms with E-state index in [0.717, 1.165) is 0 Å². The summed E-state index contributed by atoms with van der Waals surface area (Å²) in [6.07, 6.45) is 0. The highest BCUT2D eigenvalue weighted by Gasteiger charge is 2.13. The number of halogens is 3. The molecule has 0 amide bonds. The molecule has 0 aromatic carbocycles. The molecule has 50 valence electrons. The number of rotatable bonds is 3. The van der Waals surface area contributed by atoms with Crippen molar-refractivity contribution in [3.63, 3.8) is 0 Å². The van der Waals surface area contributed by atoms with Crippen molar-refractivity contribution in [2.75, 3.05) is 12.5 Å². The van der Waals surface area contributed by atoms with Crippen molar-refractivity contribution in [2.24, 2.45) is 0 Å². The van der Waals surface area contributed by atoms with Crippen LogP contribution in [0.1, 0.15) is 0 Å². The maximum atomic E-state index is 8.36. The molecule has 8 heavy (non-hydrogen) atoms. The van der Waals surface area contributed by atoms with Gasteiger partial charge in [0.05, 0.1) is 17.4 Å². The summed E-state index contributed by atoms with van der Waals surface area (Å²) >= 11 is 16.2. The molecule has 0 spiro atoms. The third-order valence-electron chi connectivity index (χ3n) is 0.714. The maximum Gasteiger partial charge on any atom is 0.0742 e. The lowest BCUT2D eigenvalue weighted by molar-refractivity contribution is 0.292. The summed E-state index contributed by atoms with van der Waals surface area (Å²) in [5.74, 6) is 0.274. The van der Waals surface area contributed by atoms with E-state index in [0.29, 0.717) is 0 Å². The molecule has 0 aromatic rings. The van der Waals surface area contributed by atoms with E-state index in [4.69, 9.17) is 39.9 Å². The molecule has 0 radical (unpaired) electrons. The maximum absolute atomic E-state index is 8.36. The average molecular weight is 177 g/mol. The molecule has 0 rings (SSSR count). The molecule has 0 fully saturated rings. The zero-order valence-electron chi connectivity index (χ0n) is 4.15. The van der Waals surface area contributed by atoms with Crippen molar-refractivity contribution >= 4 is 34.8 Å². The Morgan fingerprint density at radius 3 is 1.88 bits per heavy atom. The normalized spacial score (nSPS) is 18.0. The van der Waals surface area contributed by atoms with Crippen molar-refractivity contribution in [3.8, 4) is 0 Å². The molecule has 0 heterocycles. The monoisotopic (exact) mass is 176 g/mol. The van der Waals surface area contributed by atoms with Gasteiger partial charge in [0.2, 0.25) is 0 Å². The van der Waals surface area contributed by atoms with E-state index in [1.807, 2.05) is 0 Å². The third-order valence-corrected chi connectivity index (χ3v) is 2.23. The molecule has 0 saturated carbocycles. The van der Waals surface area contributed by atoms with Gasteiger partial charge in [0, 0.05) is 5.88 Å². The van der Waals surface area contributed by atoms with Crippen LogP contribution in [0.25, 0.3) is 0 Å². The summed E-state index contributed by atoms with van der Waals surface area (Å²) in [6.45, 7) is -0.123. The minimum Gasteiger partial charge on any atom is -0.395 e. The lowest BCUT2D eigenvalue weighted by Gasteiger charge is -2.08. The Morgan fingerprint density at radius 1 is 1.25 bits per heavy atom. The highest BCUT2D eigenvalue weighted by molar-refractivity contribution is 6.33. The summed E-state index contributed by atoms with van der Waals surface area (Å²) in [4.78, 5) is 0. The minimum atomic E-state index is -0.422. The largest absolute Gasteiger partial charge is 0.395 e. The van der Waals surface area contributed by atoms with Crippen LogP contribution in [0.2, 0.25) is 0 Å². The van der Waals surface area contributed by atoms with E-state index in [-0.39, 0.29) is 17.9 Å². The first-order valence-electron chi connectivity index (χ1n) is 2.17. The van der Waals surface area contributed by atoms with Gasteiger partial charge in [-0.3, -0.25) is 0 Å². The average Bonchev–Trinajstić information content (AvgIpc) is 1.84. The number of hydrogen-bond donors (Lipinski definition) is 1. The fraction of sp³-hybridized carbons (Fsp3) is 1.00. The van der Waals surface area contributed by atoms with Gasteiger partial charge in [-0.05, 0) is 0 Å². The van der Waals surface area contributed by atoms with Crippen LogP contribution in [0.5, 0.6) is 0 Å². The van der Waals surface area contributed by atoms with Gasteiger partial charge in [0.25, 0.3) is 0 Å². The van der Waals surface area contributed by atoms with Gasteiger partial charge < -0.3 is 5.11 Å². The number of hydrogen-bond acceptors (Lipinski definition) is 1. The van der Waals surface area contributed by atoms with E-state index in [2.05, 4.69) is 0 Å². The molecular formula is C4H7Cl3O. The zero-order valence-corrected chi connectivity index (χ0v) is 6.42. The van der Waals surface area contributed by atoms with Gasteiger partial charge in [-0.1, -0.05) is 0 Å². The van der Waals surface area contributed by atoms with Crippen molar-refractivity contribution in [1.29, 1.82) is 0 Å². The molecule has 0 aromatic heterocycles. The smallest absolute Gasteiger partial charge is 0.0742 e. The summed E-state index contributed by atoms with van der Waals surface area (Å²) in [5, 5.41) is 7.61. The molecule has 2 unspecified atom stereocenters. The Morgan fingerprint density at radius 2 is 1.75 bits per heavy atom. The van der Waals surface area contributed by atoms with Crippen molar-refractivity contribution in [1.82, 2.24) is 0 Å². The SMILES string of the molecule is OCC(Cl)C(Cl)CCl. The Bertz CT molecular complexity index is 51.2. The Labute approximate surface area is 63.5 Å². The molecule has 0 aliphatic rings. The quantitative estimate of drug-likeness (QED) is 0.647. The second kappa shape index (κ2) is 4.68. The molecule has 0 saturated heterocycles. The number of aliphatic hydroxyl groups excluding tert-OH is 1. The van der Waals surface area contributed by atoms with E-state index in [1.165, 1.54) is 0 Å². The van der Waals surface area contributed by atoms with Gasteiger partial charge in [-0.15, -0.1) is 34.8 Å². The van der Waals surface area contributed by atoms with Crippen molar-refractivity contribution in [2.45, 2.75) is 10.8 Å². The molecule has 0 bridgehead atoms. The minimum absolute atomic E-state index is 0.123. The van der Waals surface area contributed by atoms with E-state index >= 15 is 0 Å². The van der Waals surface area contributed by atoms with Crippen LogP contribution < -0.4 is 0 Å². The zero-order chi connectivity index (χ0) is 6.57. The first-order chi connectivity index (χ1) is 3.72. The van der Waals surface area contributed by atoms with Gasteiger partial charge in [-0.25, -0.2) is 0 Å². The molecule has 0 aliphatic heterocycles. The predicted molar refractivity (Wildman–Crippen MR) is 37.1 cm³/mol. The Hall–Kier alpha value is 0.830. The van der Waals surface area contributed by atoms with Crippen LogP contribution in [-0.4, -0.2) is 28.3 Å². The van der Waals surface area contributed by atoms with Gasteiger partial charge in [0.1, 0.15) is 0 Å². The van der Waals surface area contributed by atoms with Crippen LogP contribution >= 0.6 is 34.8 Å². The van der Waals surface area contributed by atoms with Gasteiger partial charge in [0.15, 0.2) is 0 Å². The standard InChI is InChI=1S/C4H7Cl3O/c5-1-3(6)4(7)2-8/h3-4,8H,1-2H2. The summed E-state index contributed by atoms with van der Waals surface area (Å²) in [5.41, 5.74) is 0. The molecule has 0 aliphatic carbocycles. The Kier molecular flexibility index (Phi) is 5.17. The number of aliphatic hydroxyl groups is 1. The molecular weight excluding hydrogens is 170 g/mol. The molecule has 1 nitrogen and oxygen atoms in total. The second-order valence-electron chi connectivity index (χ2n) is 1.37. The van der Waals surface area contributed by atoms with Crippen molar-refractivity contribution < 1.29 is 5.11 Å². The van der Waals surface area contributed by atoms with Crippen LogP contribution in [0, 0.1) is 0 Å². The topological polar surface area (TPSA) is 20.2 Å². The summed E-state index contributed by atoms with van der Waals surface area (Å²) in [6, 6.07) is 0. The molecule has 4 heteroatoms. The van der Waals surface area contributed by atoms with Crippen LogP contribution in [-0.2, 0) is 0 Å². The van der Waals surface area contributed by atoms with Crippen LogP contribution in [0.3, 0.4) is 0 Å².